The van der Waals surface area contributed by atoms with Crippen molar-refractivity contribution in [2.75, 3.05) is 12.5 Å². The molecule has 0 saturated heterocycles. The molecule has 0 aromatic heterocycles. The molecule has 104 valence electrons. The number of nitrogens with zero attached hydrogens (tertiary/aromatic N) is 1. The van der Waals surface area contributed by atoms with E-state index in [0.717, 1.165) is 29.1 Å². The van der Waals surface area contributed by atoms with Crippen molar-refractivity contribution in [3.05, 3.63) is 59.1 Å². The SMILES string of the molecule is CC/C(=N/Nc1ccc(Cl)cc1)c1ccc(OC)cc1. The van der Waals surface area contributed by atoms with Gasteiger partial charge in [-0.15, -0.1) is 0 Å². The maximum absolute atomic E-state index is 5.85. The molecule has 0 fully saturated rings. The highest BCUT2D eigenvalue weighted by atomic mass is 35.5. The topological polar surface area (TPSA) is 33.6 Å². The minimum absolute atomic E-state index is 0.713. The van der Waals surface area contributed by atoms with Gasteiger partial charge in [0.2, 0.25) is 0 Å². The first-order valence-electron chi connectivity index (χ1n) is 6.45. The molecule has 20 heavy (non-hydrogen) atoms. The molecule has 0 spiro atoms. The van der Waals surface area contributed by atoms with Gasteiger partial charge in [-0.1, -0.05) is 18.5 Å². The lowest BCUT2D eigenvalue weighted by Crippen LogP contribution is -2.03. The summed E-state index contributed by atoms with van der Waals surface area (Å²) in [6.07, 6.45) is 0.840. The summed E-state index contributed by atoms with van der Waals surface area (Å²) in [5.74, 6) is 0.842. The zero-order valence-corrected chi connectivity index (χ0v) is 12.3. The van der Waals surface area contributed by atoms with Crippen LogP contribution in [0.2, 0.25) is 5.02 Å². The summed E-state index contributed by atoms with van der Waals surface area (Å²) in [6, 6.07) is 15.3. The van der Waals surface area contributed by atoms with E-state index < -0.39 is 0 Å². The number of benzene rings is 2. The van der Waals surface area contributed by atoms with E-state index in [0.29, 0.717) is 5.02 Å². The number of nitrogens with one attached hydrogen (secondary N) is 1. The van der Waals surface area contributed by atoms with E-state index in [-0.39, 0.29) is 0 Å². The molecule has 2 aromatic rings. The molecule has 0 aliphatic carbocycles. The van der Waals surface area contributed by atoms with Crippen LogP contribution >= 0.6 is 11.6 Å². The predicted molar refractivity (Wildman–Crippen MR) is 84.9 cm³/mol. The summed E-state index contributed by atoms with van der Waals surface area (Å²) in [6.45, 7) is 2.08. The molecule has 0 amide bonds. The molecule has 2 aromatic carbocycles. The first-order chi connectivity index (χ1) is 9.72. The Morgan fingerprint density at radius 1 is 1.10 bits per heavy atom. The molecule has 0 aliphatic rings. The van der Waals surface area contributed by atoms with Gasteiger partial charge in [-0.25, -0.2) is 0 Å². The third kappa shape index (κ3) is 3.75. The van der Waals surface area contributed by atoms with Crippen LogP contribution in [0.25, 0.3) is 0 Å². The van der Waals surface area contributed by atoms with Gasteiger partial charge in [-0.05, 0) is 60.5 Å². The first-order valence-corrected chi connectivity index (χ1v) is 6.83. The van der Waals surface area contributed by atoms with Crippen LogP contribution in [-0.4, -0.2) is 12.8 Å². The zero-order valence-electron chi connectivity index (χ0n) is 11.6. The van der Waals surface area contributed by atoms with Crippen molar-refractivity contribution >= 4 is 23.0 Å². The summed E-state index contributed by atoms with van der Waals surface area (Å²) in [4.78, 5) is 0. The van der Waals surface area contributed by atoms with E-state index in [4.69, 9.17) is 16.3 Å². The highest BCUT2D eigenvalue weighted by molar-refractivity contribution is 6.30. The molecule has 0 heterocycles. The van der Waals surface area contributed by atoms with Crippen LogP contribution in [0, 0.1) is 0 Å². The summed E-state index contributed by atoms with van der Waals surface area (Å²) in [5, 5.41) is 5.16. The molecule has 0 aliphatic heterocycles. The Bertz CT molecular complexity index is 576. The molecule has 1 N–H and O–H groups in total. The van der Waals surface area contributed by atoms with Crippen LogP contribution in [0.15, 0.2) is 53.6 Å². The minimum Gasteiger partial charge on any atom is -0.497 e. The van der Waals surface area contributed by atoms with Gasteiger partial charge in [-0.2, -0.15) is 5.10 Å². The van der Waals surface area contributed by atoms with Crippen molar-refractivity contribution in [1.29, 1.82) is 0 Å². The molecule has 0 atom stereocenters. The lowest BCUT2D eigenvalue weighted by atomic mass is 10.1. The highest BCUT2D eigenvalue weighted by Gasteiger charge is 2.02. The van der Waals surface area contributed by atoms with E-state index in [1.807, 2.05) is 48.5 Å². The summed E-state index contributed by atoms with van der Waals surface area (Å²) in [5.41, 5.74) is 6.03. The number of methoxy groups -OCH3 is 1. The van der Waals surface area contributed by atoms with Crippen LogP contribution < -0.4 is 10.2 Å². The quantitative estimate of drug-likeness (QED) is 0.645. The fourth-order valence-electron chi connectivity index (χ4n) is 1.79. The van der Waals surface area contributed by atoms with Crippen LogP contribution in [0.5, 0.6) is 5.75 Å². The highest BCUT2D eigenvalue weighted by Crippen LogP contribution is 2.15. The molecule has 0 bridgehead atoms. The van der Waals surface area contributed by atoms with E-state index >= 15 is 0 Å². The Hall–Kier alpha value is -2.00. The Morgan fingerprint density at radius 3 is 2.30 bits per heavy atom. The van der Waals surface area contributed by atoms with Crippen molar-refractivity contribution in [3.63, 3.8) is 0 Å². The Labute approximate surface area is 124 Å². The summed E-state index contributed by atoms with van der Waals surface area (Å²) >= 11 is 5.85. The number of hydrogen-bond acceptors (Lipinski definition) is 3. The largest absolute Gasteiger partial charge is 0.497 e. The normalized spacial score (nSPS) is 11.2. The fraction of sp³-hybridized carbons (Fsp3) is 0.188. The van der Waals surface area contributed by atoms with Crippen molar-refractivity contribution in [3.8, 4) is 5.75 Å². The zero-order chi connectivity index (χ0) is 14.4. The van der Waals surface area contributed by atoms with Crippen molar-refractivity contribution in [1.82, 2.24) is 0 Å². The van der Waals surface area contributed by atoms with Gasteiger partial charge in [-0.3, -0.25) is 5.43 Å². The van der Waals surface area contributed by atoms with Crippen LogP contribution in [0.1, 0.15) is 18.9 Å². The smallest absolute Gasteiger partial charge is 0.118 e. The van der Waals surface area contributed by atoms with E-state index in [1.54, 1.807) is 7.11 Å². The number of hydrazone groups is 1. The standard InChI is InChI=1S/C16H17ClN2O/c1-3-16(12-4-10-15(20-2)11-5-12)19-18-14-8-6-13(17)7-9-14/h4-11,18H,3H2,1-2H3/b19-16-. The Morgan fingerprint density at radius 2 is 1.75 bits per heavy atom. The monoisotopic (exact) mass is 288 g/mol. The average Bonchev–Trinajstić information content (AvgIpc) is 2.50. The molecule has 0 saturated carbocycles. The molecular formula is C16H17ClN2O. The van der Waals surface area contributed by atoms with Gasteiger partial charge >= 0.3 is 0 Å². The van der Waals surface area contributed by atoms with E-state index in [1.165, 1.54) is 0 Å². The second kappa shape index (κ2) is 6.96. The number of anilines is 1. The van der Waals surface area contributed by atoms with Crippen LogP contribution in [0.4, 0.5) is 5.69 Å². The van der Waals surface area contributed by atoms with Gasteiger partial charge in [0.25, 0.3) is 0 Å². The Kier molecular flexibility index (Phi) is 5.02. The number of rotatable bonds is 5. The molecule has 4 heteroatoms. The van der Waals surface area contributed by atoms with Crippen LogP contribution in [0.3, 0.4) is 0 Å². The average molecular weight is 289 g/mol. The fourth-order valence-corrected chi connectivity index (χ4v) is 1.91. The molecular weight excluding hydrogens is 272 g/mol. The van der Waals surface area contributed by atoms with E-state index in [9.17, 15) is 0 Å². The lowest BCUT2D eigenvalue weighted by Gasteiger charge is -2.07. The van der Waals surface area contributed by atoms with Crippen molar-refractivity contribution in [2.45, 2.75) is 13.3 Å². The minimum atomic E-state index is 0.713. The number of ether oxygens (including phenoxy) is 1. The van der Waals surface area contributed by atoms with Gasteiger partial charge in [0.15, 0.2) is 0 Å². The second-order valence-electron chi connectivity index (χ2n) is 4.26. The van der Waals surface area contributed by atoms with Gasteiger partial charge in [0.05, 0.1) is 18.5 Å². The van der Waals surface area contributed by atoms with Gasteiger partial charge in [0.1, 0.15) is 5.75 Å². The lowest BCUT2D eigenvalue weighted by molar-refractivity contribution is 0.415. The third-order valence-corrected chi connectivity index (χ3v) is 3.17. The molecule has 0 unspecified atom stereocenters. The molecule has 3 nitrogen and oxygen atoms in total. The van der Waals surface area contributed by atoms with Crippen molar-refractivity contribution in [2.24, 2.45) is 5.10 Å². The molecule has 2 rings (SSSR count). The van der Waals surface area contributed by atoms with Crippen LogP contribution in [-0.2, 0) is 0 Å². The third-order valence-electron chi connectivity index (χ3n) is 2.92. The maximum Gasteiger partial charge on any atom is 0.118 e. The van der Waals surface area contributed by atoms with Gasteiger partial charge in [0, 0.05) is 5.02 Å². The number of hydrogen-bond donors (Lipinski definition) is 1. The van der Waals surface area contributed by atoms with E-state index in [2.05, 4.69) is 17.5 Å². The maximum atomic E-state index is 5.85. The van der Waals surface area contributed by atoms with Crippen molar-refractivity contribution < 1.29 is 4.74 Å². The predicted octanol–water partition coefficient (Wildman–Crippen LogP) is 4.57. The number of halogens is 1. The first kappa shape index (κ1) is 14.4. The molecule has 0 radical (unpaired) electrons. The summed E-state index contributed by atoms with van der Waals surface area (Å²) in [7, 11) is 1.66. The summed E-state index contributed by atoms with van der Waals surface area (Å²) < 4.78 is 5.16. The van der Waals surface area contributed by atoms with Gasteiger partial charge < -0.3 is 4.74 Å². The Balaban J connectivity index is 2.13. The second-order valence-corrected chi connectivity index (χ2v) is 4.70.